The van der Waals surface area contributed by atoms with Gasteiger partial charge in [-0.3, -0.25) is 19.4 Å². The third kappa shape index (κ3) is 4.44. The molecular formula is C24H24N6O3. The van der Waals surface area contributed by atoms with Gasteiger partial charge in [-0.1, -0.05) is 37.3 Å². The maximum absolute atomic E-state index is 13.7. The fourth-order valence-corrected chi connectivity index (χ4v) is 3.74. The minimum Gasteiger partial charge on any atom is -0.340 e. The van der Waals surface area contributed by atoms with Gasteiger partial charge in [-0.25, -0.2) is 20.4 Å². The van der Waals surface area contributed by atoms with E-state index < -0.39 is 5.91 Å². The molecule has 0 bridgehead atoms. The Kier molecular flexibility index (Phi) is 6.41. The predicted molar refractivity (Wildman–Crippen MR) is 125 cm³/mol. The van der Waals surface area contributed by atoms with Gasteiger partial charge >= 0.3 is 0 Å². The van der Waals surface area contributed by atoms with Gasteiger partial charge in [0.05, 0.1) is 22.2 Å². The number of hydrogen-bond donors (Lipinski definition) is 2. The first-order valence-electron chi connectivity index (χ1n) is 10.6. The van der Waals surface area contributed by atoms with Crippen LogP contribution in [0.4, 0.5) is 5.95 Å². The van der Waals surface area contributed by atoms with Gasteiger partial charge in [0.1, 0.15) is 5.82 Å². The van der Waals surface area contributed by atoms with E-state index in [1.54, 1.807) is 22.0 Å². The third-order valence-corrected chi connectivity index (χ3v) is 5.29. The summed E-state index contributed by atoms with van der Waals surface area (Å²) in [7, 11) is 1.80. The molecule has 9 heteroatoms. The number of nitrogens with zero attached hydrogens (tertiary/aromatic N) is 5. The van der Waals surface area contributed by atoms with Gasteiger partial charge < -0.3 is 4.90 Å². The lowest BCUT2D eigenvalue weighted by Crippen LogP contribution is -2.26. The number of anilines is 1. The maximum atomic E-state index is 13.7. The number of nitrogens with one attached hydrogen (secondary N) is 1. The maximum Gasteiger partial charge on any atom is 0.277 e. The molecule has 4 rings (SSSR count). The van der Waals surface area contributed by atoms with Crippen molar-refractivity contribution >= 4 is 22.8 Å². The second kappa shape index (κ2) is 9.58. The van der Waals surface area contributed by atoms with E-state index >= 15 is 0 Å². The normalized spacial score (nSPS) is 10.9. The Morgan fingerprint density at radius 3 is 2.48 bits per heavy atom. The van der Waals surface area contributed by atoms with Crippen LogP contribution in [-0.4, -0.2) is 37.7 Å². The van der Waals surface area contributed by atoms with Crippen molar-refractivity contribution in [3.63, 3.8) is 0 Å². The quantitative estimate of drug-likeness (QED) is 0.333. The fraction of sp³-hybridized carbons (Fsp3) is 0.208. The lowest BCUT2D eigenvalue weighted by Gasteiger charge is -2.19. The molecule has 9 nitrogen and oxygen atoms in total. The van der Waals surface area contributed by atoms with E-state index in [0.717, 1.165) is 23.5 Å². The highest BCUT2D eigenvalue weighted by Gasteiger charge is 2.17. The number of fused-ring (bicyclic) bond motifs is 1. The number of amides is 1. The fourth-order valence-electron chi connectivity index (χ4n) is 3.74. The van der Waals surface area contributed by atoms with Gasteiger partial charge in [0, 0.05) is 32.4 Å². The first kappa shape index (κ1) is 22.1. The lowest BCUT2D eigenvalue weighted by atomic mass is 10.1. The summed E-state index contributed by atoms with van der Waals surface area (Å²) in [5, 5.41) is 9.29. The van der Waals surface area contributed by atoms with Crippen molar-refractivity contribution in [2.45, 2.75) is 26.3 Å². The summed E-state index contributed by atoms with van der Waals surface area (Å²) in [6, 6.07) is 15.2. The summed E-state index contributed by atoms with van der Waals surface area (Å²) in [5.41, 5.74) is 3.80. The smallest absolute Gasteiger partial charge is 0.277 e. The van der Waals surface area contributed by atoms with Crippen molar-refractivity contribution < 1.29 is 10.0 Å². The molecule has 2 aromatic carbocycles. The molecule has 0 aliphatic carbocycles. The third-order valence-electron chi connectivity index (χ3n) is 5.29. The Bertz CT molecular complexity index is 1340. The number of hydrogen-bond acceptors (Lipinski definition) is 7. The highest BCUT2D eigenvalue weighted by molar-refractivity contribution is 5.92. The van der Waals surface area contributed by atoms with Gasteiger partial charge in [-0.15, -0.1) is 0 Å². The SMILES string of the molecule is CCCc1nc2cccc(CN(C)c3ncc(C(=O)NO)cn3)c2c(=O)n1-c1ccccc1. The van der Waals surface area contributed by atoms with E-state index in [-0.39, 0.29) is 11.1 Å². The highest BCUT2D eigenvalue weighted by Crippen LogP contribution is 2.20. The highest BCUT2D eigenvalue weighted by atomic mass is 16.5. The van der Waals surface area contributed by atoms with Crippen LogP contribution in [0.5, 0.6) is 0 Å². The average Bonchev–Trinajstić information content (AvgIpc) is 2.84. The van der Waals surface area contributed by atoms with E-state index in [0.29, 0.717) is 29.8 Å². The van der Waals surface area contributed by atoms with Crippen LogP contribution in [0.25, 0.3) is 16.6 Å². The molecule has 0 spiro atoms. The van der Waals surface area contributed by atoms with E-state index in [1.165, 1.54) is 12.4 Å². The van der Waals surface area contributed by atoms with Crippen LogP contribution in [-0.2, 0) is 13.0 Å². The van der Waals surface area contributed by atoms with Crippen molar-refractivity contribution in [2.75, 3.05) is 11.9 Å². The second-order valence-corrected chi connectivity index (χ2v) is 7.63. The summed E-state index contributed by atoms with van der Waals surface area (Å²) < 4.78 is 1.69. The number of para-hydroxylation sites is 1. The molecule has 2 heterocycles. The standard InChI is InChI=1S/C24H24N6O3/c1-3-8-20-27-19-12-7-9-16(21(19)23(32)30(20)18-10-5-4-6-11-18)15-29(2)24-25-13-17(14-26-24)22(31)28-33/h4-7,9-14,33H,3,8,15H2,1-2H3,(H,28,31). The summed E-state index contributed by atoms with van der Waals surface area (Å²) in [5.74, 6) is 0.418. The van der Waals surface area contributed by atoms with Crippen LogP contribution in [0, 0.1) is 0 Å². The van der Waals surface area contributed by atoms with Gasteiger partial charge in [-0.05, 0) is 30.2 Å². The number of rotatable bonds is 7. The molecule has 4 aromatic rings. The Balaban J connectivity index is 1.77. The number of carbonyl (C=O) groups excluding carboxylic acids is 1. The van der Waals surface area contributed by atoms with Gasteiger partial charge in [0.2, 0.25) is 5.95 Å². The molecule has 0 saturated heterocycles. The molecule has 1 amide bonds. The molecule has 2 aromatic heterocycles. The first-order valence-corrected chi connectivity index (χ1v) is 10.6. The molecule has 0 unspecified atom stereocenters. The predicted octanol–water partition coefficient (Wildman–Crippen LogP) is 2.88. The number of aryl methyl sites for hydroxylation is 1. The van der Waals surface area contributed by atoms with Crippen LogP contribution < -0.4 is 15.9 Å². The Morgan fingerprint density at radius 1 is 1.09 bits per heavy atom. The van der Waals surface area contributed by atoms with Crippen LogP contribution in [0.1, 0.15) is 35.1 Å². The number of hydroxylamine groups is 1. The Labute approximate surface area is 190 Å². The first-order chi connectivity index (χ1) is 16.0. The number of aromatic nitrogens is 4. The largest absolute Gasteiger partial charge is 0.340 e. The summed E-state index contributed by atoms with van der Waals surface area (Å²) in [6.45, 7) is 2.42. The number of carbonyl (C=O) groups is 1. The zero-order valence-electron chi connectivity index (χ0n) is 18.4. The van der Waals surface area contributed by atoms with Gasteiger partial charge in [0.15, 0.2) is 0 Å². The average molecular weight is 444 g/mol. The van der Waals surface area contributed by atoms with Crippen molar-refractivity contribution in [1.29, 1.82) is 0 Å². The molecule has 0 fully saturated rings. The topological polar surface area (TPSA) is 113 Å². The molecule has 2 N–H and O–H groups in total. The molecule has 33 heavy (non-hydrogen) atoms. The summed E-state index contributed by atoms with van der Waals surface area (Å²) in [6.07, 6.45) is 4.21. The Morgan fingerprint density at radius 2 is 1.82 bits per heavy atom. The second-order valence-electron chi connectivity index (χ2n) is 7.63. The Hall–Kier alpha value is -4.11. The van der Waals surface area contributed by atoms with E-state index in [1.807, 2.05) is 48.5 Å². The van der Waals surface area contributed by atoms with E-state index in [9.17, 15) is 9.59 Å². The zero-order chi connectivity index (χ0) is 23.4. The van der Waals surface area contributed by atoms with E-state index in [4.69, 9.17) is 10.2 Å². The zero-order valence-corrected chi connectivity index (χ0v) is 18.4. The lowest BCUT2D eigenvalue weighted by molar-refractivity contribution is 0.0705. The summed E-state index contributed by atoms with van der Waals surface area (Å²) in [4.78, 5) is 40.2. The van der Waals surface area contributed by atoms with Crippen LogP contribution in [0.2, 0.25) is 0 Å². The monoisotopic (exact) mass is 444 g/mol. The molecule has 0 atom stereocenters. The molecule has 0 aliphatic rings. The van der Waals surface area contributed by atoms with Crippen LogP contribution in [0.15, 0.2) is 65.7 Å². The molecule has 0 saturated carbocycles. The molecule has 168 valence electrons. The van der Waals surface area contributed by atoms with E-state index in [2.05, 4.69) is 16.9 Å². The van der Waals surface area contributed by atoms with Crippen LogP contribution >= 0.6 is 0 Å². The number of benzene rings is 2. The molecule has 0 aliphatic heterocycles. The van der Waals surface area contributed by atoms with Crippen molar-refractivity contribution in [1.82, 2.24) is 25.0 Å². The minimum absolute atomic E-state index is 0.116. The molecule has 0 radical (unpaired) electrons. The van der Waals surface area contributed by atoms with Crippen molar-refractivity contribution in [2.24, 2.45) is 0 Å². The van der Waals surface area contributed by atoms with Gasteiger partial charge in [-0.2, -0.15) is 0 Å². The van der Waals surface area contributed by atoms with Crippen molar-refractivity contribution in [3.05, 3.63) is 88.2 Å². The van der Waals surface area contributed by atoms with Gasteiger partial charge in [0.25, 0.3) is 11.5 Å². The van der Waals surface area contributed by atoms with Crippen LogP contribution in [0.3, 0.4) is 0 Å². The summed E-state index contributed by atoms with van der Waals surface area (Å²) >= 11 is 0. The molecular weight excluding hydrogens is 420 g/mol. The minimum atomic E-state index is -0.686. The van der Waals surface area contributed by atoms with Crippen molar-refractivity contribution in [3.8, 4) is 5.69 Å².